The Morgan fingerprint density at radius 1 is 1.12 bits per heavy atom. The lowest BCUT2D eigenvalue weighted by atomic mass is 9.71. The van der Waals surface area contributed by atoms with Crippen LogP contribution in [0, 0.1) is 0 Å². The third-order valence-electron chi connectivity index (χ3n) is 5.41. The summed E-state index contributed by atoms with van der Waals surface area (Å²) in [6.07, 6.45) is 2.72. The zero-order valence-electron chi connectivity index (χ0n) is 14.0. The number of para-hydroxylation sites is 1. The van der Waals surface area contributed by atoms with E-state index in [4.69, 9.17) is 9.47 Å². The average molecular weight is 325 g/mol. The van der Waals surface area contributed by atoms with E-state index < -0.39 is 11.9 Å². The van der Waals surface area contributed by atoms with Gasteiger partial charge in [0.2, 0.25) is 0 Å². The van der Waals surface area contributed by atoms with Crippen molar-refractivity contribution in [2.75, 3.05) is 14.2 Å². The first-order valence-electron chi connectivity index (χ1n) is 8.09. The van der Waals surface area contributed by atoms with Gasteiger partial charge in [-0.2, -0.15) is 0 Å². The van der Waals surface area contributed by atoms with Crippen molar-refractivity contribution in [1.29, 1.82) is 0 Å². The van der Waals surface area contributed by atoms with E-state index in [-0.39, 0.29) is 11.1 Å². The number of aromatic nitrogens is 1. The molecular weight excluding hydrogens is 306 g/mol. The highest BCUT2D eigenvalue weighted by atomic mass is 16.5. The topological polar surface area (TPSA) is 57.5 Å². The lowest BCUT2D eigenvalue weighted by Gasteiger charge is -2.31. The van der Waals surface area contributed by atoms with Gasteiger partial charge in [-0.1, -0.05) is 18.2 Å². The molecule has 1 aromatic heterocycles. The number of nitrogens with zero attached hydrogens (tertiary/aromatic N) is 1. The van der Waals surface area contributed by atoms with Crippen molar-refractivity contribution >= 4 is 11.9 Å². The van der Waals surface area contributed by atoms with Crippen LogP contribution in [0.5, 0.6) is 0 Å². The van der Waals surface area contributed by atoms with Crippen LogP contribution in [0.15, 0.2) is 24.3 Å². The first-order chi connectivity index (χ1) is 11.5. The van der Waals surface area contributed by atoms with Gasteiger partial charge < -0.3 is 14.0 Å². The fourth-order valence-electron chi connectivity index (χ4n) is 4.43. The van der Waals surface area contributed by atoms with Gasteiger partial charge >= 0.3 is 11.9 Å². The number of esters is 2. The fraction of sp³-hybridized carbons (Fsp3) is 0.368. The molecule has 0 spiro atoms. The molecule has 24 heavy (non-hydrogen) atoms. The molecule has 1 unspecified atom stereocenters. The van der Waals surface area contributed by atoms with Crippen LogP contribution >= 0.6 is 0 Å². The van der Waals surface area contributed by atoms with Gasteiger partial charge in [0.05, 0.1) is 25.5 Å². The summed E-state index contributed by atoms with van der Waals surface area (Å²) in [4.78, 5) is 25.0. The van der Waals surface area contributed by atoms with Crippen LogP contribution in [0.4, 0.5) is 0 Å². The number of ether oxygens (including phenoxy) is 2. The number of benzene rings is 1. The lowest BCUT2D eigenvalue weighted by Crippen LogP contribution is -2.26. The second-order valence-electron chi connectivity index (χ2n) is 6.57. The van der Waals surface area contributed by atoms with Crippen molar-refractivity contribution in [3.05, 3.63) is 52.3 Å². The molecule has 0 amide bonds. The van der Waals surface area contributed by atoms with E-state index in [1.807, 2.05) is 22.8 Å². The number of carbonyl (C=O) groups excluding carboxylic acids is 2. The van der Waals surface area contributed by atoms with Crippen LogP contribution < -0.4 is 0 Å². The van der Waals surface area contributed by atoms with Gasteiger partial charge in [0.1, 0.15) is 5.69 Å². The number of methoxy groups -OCH3 is 2. The first kappa shape index (κ1) is 15.0. The highest BCUT2D eigenvalue weighted by Crippen LogP contribution is 2.52. The molecule has 4 rings (SSSR count). The molecule has 1 aromatic carbocycles. The highest BCUT2D eigenvalue weighted by molar-refractivity contribution is 6.05. The molecule has 2 aliphatic rings. The third-order valence-corrected chi connectivity index (χ3v) is 5.41. The minimum Gasteiger partial charge on any atom is -0.465 e. The van der Waals surface area contributed by atoms with Crippen molar-refractivity contribution in [3.63, 3.8) is 0 Å². The zero-order chi connectivity index (χ0) is 17.1. The molecule has 1 atom stereocenters. The summed E-state index contributed by atoms with van der Waals surface area (Å²) in [5.74, 6) is -0.988. The van der Waals surface area contributed by atoms with E-state index in [1.165, 1.54) is 19.8 Å². The van der Waals surface area contributed by atoms with E-state index in [0.29, 0.717) is 5.56 Å². The van der Waals surface area contributed by atoms with Crippen LogP contribution in [0.1, 0.15) is 57.4 Å². The molecular formula is C19H19NO4. The Kier molecular flexibility index (Phi) is 3.10. The van der Waals surface area contributed by atoms with Crippen LogP contribution in [0.2, 0.25) is 0 Å². The second-order valence-corrected chi connectivity index (χ2v) is 6.57. The summed E-state index contributed by atoms with van der Waals surface area (Å²) in [5.41, 5.74) is 4.56. The number of carbonyl (C=O) groups is 2. The Bertz CT molecular complexity index is 880. The standard InChI is InChI=1S/C19H19NO4/c1-19-10-6-7-11-14(17(21)23-2)15(18(22)24-3)20(16(11)19)13-9-5-4-8-12(13)19/h4-5,8-9H,6-7,10H2,1-3H3. The molecule has 0 radical (unpaired) electrons. The number of hydrogen-bond donors (Lipinski definition) is 0. The lowest BCUT2D eigenvalue weighted by molar-refractivity contribution is 0.0549. The quantitative estimate of drug-likeness (QED) is 0.797. The molecule has 0 bridgehead atoms. The van der Waals surface area contributed by atoms with Crippen molar-refractivity contribution < 1.29 is 19.1 Å². The molecule has 5 heteroatoms. The number of rotatable bonds is 2. The van der Waals surface area contributed by atoms with E-state index in [1.54, 1.807) is 0 Å². The van der Waals surface area contributed by atoms with Gasteiger partial charge in [-0.3, -0.25) is 0 Å². The van der Waals surface area contributed by atoms with Crippen molar-refractivity contribution in [2.24, 2.45) is 0 Å². The van der Waals surface area contributed by atoms with Gasteiger partial charge in [0.25, 0.3) is 0 Å². The molecule has 0 fully saturated rings. The largest absolute Gasteiger partial charge is 0.465 e. The van der Waals surface area contributed by atoms with Gasteiger partial charge in [-0.05, 0) is 43.4 Å². The van der Waals surface area contributed by atoms with Gasteiger partial charge in [0, 0.05) is 11.1 Å². The second kappa shape index (κ2) is 4.97. The van der Waals surface area contributed by atoms with Crippen molar-refractivity contribution in [3.8, 4) is 5.69 Å². The predicted octanol–water partition coefficient (Wildman–Crippen LogP) is 3.01. The molecule has 124 valence electrons. The molecule has 0 saturated heterocycles. The molecule has 1 aliphatic carbocycles. The SMILES string of the molecule is COC(=O)c1c2c3n(c1C(=O)OC)-c1ccccc1C3(C)CCC2. The van der Waals surface area contributed by atoms with Crippen LogP contribution in [0.3, 0.4) is 0 Å². The van der Waals surface area contributed by atoms with Gasteiger partial charge in [0.15, 0.2) is 0 Å². The monoisotopic (exact) mass is 325 g/mol. The summed E-state index contributed by atoms with van der Waals surface area (Å²) in [7, 11) is 2.68. The summed E-state index contributed by atoms with van der Waals surface area (Å²) in [5, 5.41) is 0. The zero-order valence-corrected chi connectivity index (χ0v) is 14.0. The molecule has 2 heterocycles. The Hall–Kier alpha value is -2.56. The maximum absolute atomic E-state index is 12.5. The molecule has 2 aromatic rings. The normalized spacial score (nSPS) is 20.3. The van der Waals surface area contributed by atoms with E-state index >= 15 is 0 Å². The van der Waals surface area contributed by atoms with Gasteiger partial charge in [-0.15, -0.1) is 0 Å². The van der Waals surface area contributed by atoms with E-state index in [2.05, 4.69) is 13.0 Å². The average Bonchev–Trinajstić information content (AvgIpc) is 3.09. The predicted molar refractivity (Wildman–Crippen MR) is 87.8 cm³/mol. The Morgan fingerprint density at radius 3 is 2.54 bits per heavy atom. The minimum absolute atomic E-state index is 0.195. The van der Waals surface area contributed by atoms with Crippen LogP contribution in [-0.2, 0) is 21.3 Å². The Labute approximate surface area is 140 Å². The summed E-state index contributed by atoms with van der Waals surface area (Å²) < 4.78 is 11.9. The minimum atomic E-state index is -0.510. The van der Waals surface area contributed by atoms with Crippen molar-refractivity contribution in [1.82, 2.24) is 4.57 Å². The summed E-state index contributed by atoms with van der Waals surface area (Å²) in [6.45, 7) is 2.19. The smallest absolute Gasteiger partial charge is 0.355 e. The molecule has 0 saturated carbocycles. The van der Waals surface area contributed by atoms with E-state index in [9.17, 15) is 9.59 Å². The first-order valence-corrected chi connectivity index (χ1v) is 8.09. The maximum Gasteiger partial charge on any atom is 0.355 e. The van der Waals surface area contributed by atoms with E-state index in [0.717, 1.165) is 36.2 Å². The Balaban J connectivity index is 2.15. The van der Waals surface area contributed by atoms with Crippen LogP contribution in [-0.4, -0.2) is 30.7 Å². The highest BCUT2D eigenvalue weighted by Gasteiger charge is 2.48. The Morgan fingerprint density at radius 2 is 1.83 bits per heavy atom. The summed E-state index contributed by atoms with van der Waals surface area (Å²) in [6, 6.07) is 8.07. The van der Waals surface area contributed by atoms with Gasteiger partial charge in [-0.25, -0.2) is 9.59 Å². The fourth-order valence-corrected chi connectivity index (χ4v) is 4.43. The third kappa shape index (κ3) is 1.64. The number of fused-ring (bicyclic) bond motifs is 3. The number of hydrogen-bond acceptors (Lipinski definition) is 4. The molecule has 5 nitrogen and oxygen atoms in total. The molecule has 0 N–H and O–H groups in total. The summed E-state index contributed by atoms with van der Waals surface area (Å²) >= 11 is 0. The van der Waals surface area contributed by atoms with Crippen molar-refractivity contribution in [2.45, 2.75) is 31.6 Å². The van der Waals surface area contributed by atoms with Crippen LogP contribution in [0.25, 0.3) is 5.69 Å². The molecule has 1 aliphatic heterocycles. The maximum atomic E-state index is 12.5.